The van der Waals surface area contributed by atoms with Crippen LogP contribution in [0.1, 0.15) is 11.1 Å². The first kappa shape index (κ1) is 18.8. The zero-order chi connectivity index (χ0) is 18.4. The van der Waals surface area contributed by atoms with Crippen molar-refractivity contribution in [3.05, 3.63) is 65.7 Å². The second kappa shape index (κ2) is 8.04. The van der Waals surface area contributed by atoms with Gasteiger partial charge in [0.15, 0.2) is 0 Å². The molecule has 25 heavy (non-hydrogen) atoms. The molecule has 1 unspecified atom stereocenters. The molecule has 0 fully saturated rings. The topological polar surface area (TPSA) is 101 Å². The van der Waals surface area contributed by atoms with Gasteiger partial charge in [0.05, 0.1) is 16.9 Å². The van der Waals surface area contributed by atoms with Gasteiger partial charge in [-0.05, 0) is 31.0 Å². The first-order chi connectivity index (χ1) is 11.8. The van der Waals surface area contributed by atoms with Crippen LogP contribution in [0, 0.1) is 12.8 Å². The number of carbonyl (C=O) groups excluding carboxylic acids is 1. The number of aliphatic carboxylic acids is 1. The number of carbonyl (C=O) groups is 2. The Morgan fingerprint density at radius 1 is 1.12 bits per heavy atom. The number of nitrogens with one attached hydrogen (secondary N) is 1. The van der Waals surface area contributed by atoms with Crippen molar-refractivity contribution < 1.29 is 23.1 Å². The van der Waals surface area contributed by atoms with Crippen LogP contribution in [-0.4, -0.2) is 31.8 Å². The van der Waals surface area contributed by atoms with Crippen LogP contribution in [0.3, 0.4) is 0 Å². The van der Waals surface area contributed by atoms with Gasteiger partial charge < -0.3 is 9.90 Å². The average molecular weight is 361 g/mol. The Kier molecular flexibility index (Phi) is 6.06. The molecule has 0 bridgehead atoms. The molecule has 0 aliphatic rings. The molecule has 0 amide bonds. The maximum absolute atomic E-state index is 12.4. The Labute approximate surface area is 146 Å². The van der Waals surface area contributed by atoms with Gasteiger partial charge in [-0.2, -0.15) is 0 Å². The minimum atomic E-state index is -4.00. The molecule has 6 nitrogen and oxygen atoms in total. The van der Waals surface area contributed by atoms with E-state index in [9.17, 15) is 23.1 Å². The normalized spacial score (nSPS) is 13.8. The largest absolute Gasteiger partial charge is 0.481 e. The number of benzene rings is 2. The van der Waals surface area contributed by atoms with E-state index in [4.69, 9.17) is 0 Å². The summed E-state index contributed by atoms with van der Waals surface area (Å²) in [5, 5.41) is 9.45. The molecule has 2 aromatic carbocycles. The van der Waals surface area contributed by atoms with E-state index >= 15 is 0 Å². The zero-order valence-electron chi connectivity index (χ0n) is 13.6. The molecule has 0 aliphatic carbocycles. The van der Waals surface area contributed by atoms with Crippen LogP contribution >= 0.6 is 0 Å². The number of aryl methyl sites for hydroxylation is 1. The monoisotopic (exact) mass is 361 g/mol. The Bertz CT molecular complexity index is 832. The molecule has 0 aliphatic heterocycles. The summed E-state index contributed by atoms with van der Waals surface area (Å²) in [7, 11) is -4.00. The van der Waals surface area contributed by atoms with E-state index in [0.29, 0.717) is 11.8 Å². The van der Waals surface area contributed by atoms with Gasteiger partial charge in [-0.25, -0.2) is 13.1 Å². The standard InChI is InChI=1S/C18H19NO5S/c1-13-7-9-15(10-8-13)25(23,24)19-17(12-20)16(18(21)22)11-14-5-3-2-4-6-14/h2-10,12,16-17,19H,11H2,1H3,(H,21,22)/t16?,17-/m1/s1. The predicted molar refractivity (Wildman–Crippen MR) is 92.6 cm³/mol. The number of hydrogen-bond donors (Lipinski definition) is 2. The van der Waals surface area contributed by atoms with Crippen molar-refractivity contribution in [2.45, 2.75) is 24.3 Å². The van der Waals surface area contributed by atoms with E-state index < -0.39 is 28.0 Å². The second-order valence-electron chi connectivity index (χ2n) is 5.73. The third-order valence-electron chi connectivity index (χ3n) is 3.82. The molecule has 0 heterocycles. The molecule has 0 saturated heterocycles. The lowest BCUT2D eigenvalue weighted by Gasteiger charge is -2.20. The predicted octanol–water partition coefficient (Wildman–Crippen LogP) is 1.78. The summed E-state index contributed by atoms with van der Waals surface area (Å²) in [6.45, 7) is 1.82. The SMILES string of the molecule is Cc1ccc(S(=O)(=O)N[C@H](C=O)C(Cc2ccccc2)C(=O)O)cc1. The van der Waals surface area contributed by atoms with Crippen molar-refractivity contribution in [1.82, 2.24) is 4.72 Å². The third-order valence-corrected chi connectivity index (χ3v) is 5.29. The van der Waals surface area contributed by atoms with Crippen LogP contribution < -0.4 is 4.72 Å². The summed E-state index contributed by atoms with van der Waals surface area (Å²) in [5.74, 6) is -2.45. The highest BCUT2D eigenvalue weighted by atomic mass is 32.2. The summed E-state index contributed by atoms with van der Waals surface area (Å²) in [4.78, 5) is 23.0. The van der Waals surface area contributed by atoms with E-state index in [2.05, 4.69) is 4.72 Å². The van der Waals surface area contributed by atoms with Crippen molar-refractivity contribution >= 4 is 22.3 Å². The fraction of sp³-hybridized carbons (Fsp3) is 0.222. The smallest absolute Gasteiger partial charge is 0.308 e. The number of sulfonamides is 1. The lowest BCUT2D eigenvalue weighted by atomic mass is 9.93. The molecule has 7 heteroatoms. The van der Waals surface area contributed by atoms with Gasteiger partial charge in [-0.15, -0.1) is 0 Å². The van der Waals surface area contributed by atoms with Crippen LogP contribution in [0.5, 0.6) is 0 Å². The summed E-state index contributed by atoms with van der Waals surface area (Å²) in [5.41, 5.74) is 1.59. The highest BCUT2D eigenvalue weighted by Gasteiger charge is 2.32. The Hall–Kier alpha value is -2.51. The summed E-state index contributed by atoms with van der Waals surface area (Å²) >= 11 is 0. The number of hydrogen-bond acceptors (Lipinski definition) is 4. The van der Waals surface area contributed by atoms with Gasteiger partial charge >= 0.3 is 5.97 Å². The molecule has 2 aromatic rings. The average Bonchev–Trinajstić information content (AvgIpc) is 2.59. The first-order valence-corrected chi connectivity index (χ1v) is 9.13. The molecule has 0 saturated carbocycles. The van der Waals surface area contributed by atoms with Gasteiger partial charge in [-0.1, -0.05) is 48.0 Å². The maximum atomic E-state index is 12.4. The Morgan fingerprint density at radius 3 is 2.24 bits per heavy atom. The highest BCUT2D eigenvalue weighted by molar-refractivity contribution is 7.89. The summed E-state index contributed by atoms with van der Waals surface area (Å²) in [6.07, 6.45) is 0.365. The van der Waals surface area contributed by atoms with Crippen LogP contribution in [0.25, 0.3) is 0 Å². The van der Waals surface area contributed by atoms with Crippen LogP contribution in [0.4, 0.5) is 0 Å². The van der Waals surface area contributed by atoms with Crippen molar-refractivity contribution in [1.29, 1.82) is 0 Å². The second-order valence-corrected chi connectivity index (χ2v) is 7.44. The fourth-order valence-electron chi connectivity index (χ4n) is 2.41. The van der Waals surface area contributed by atoms with Crippen LogP contribution in [0.15, 0.2) is 59.5 Å². The minimum Gasteiger partial charge on any atom is -0.481 e. The minimum absolute atomic E-state index is 0.0196. The van der Waals surface area contributed by atoms with E-state index in [-0.39, 0.29) is 11.3 Å². The van der Waals surface area contributed by atoms with E-state index in [0.717, 1.165) is 5.56 Å². The van der Waals surface area contributed by atoms with E-state index in [1.807, 2.05) is 6.92 Å². The number of carboxylic acid groups (broad SMARTS) is 1. The number of carboxylic acids is 1. The maximum Gasteiger partial charge on any atom is 0.308 e. The lowest BCUT2D eigenvalue weighted by molar-refractivity contribution is -0.143. The summed E-state index contributed by atoms with van der Waals surface area (Å²) in [6, 6.07) is 13.4. The highest BCUT2D eigenvalue weighted by Crippen LogP contribution is 2.16. The van der Waals surface area contributed by atoms with Gasteiger partial charge in [0.2, 0.25) is 10.0 Å². The van der Waals surface area contributed by atoms with Gasteiger partial charge in [0.25, 0.3) is 0 Å². The van der Waals surface area contributed by atoms with Crippen molar-refractivity contribution in [3.63, 3.8) is 0 Å². The lowest BCUT2D eigenvalue weighted by Crippen LogP contribution is -2.45. The molecule has 0 aromatic heterocycles. The Balaban J connectivity index is 2.24. The molecular weight excluding hydrogens is 342 g/mol. The molecule has 132 valence electrons. The molecule has 2 N–H and O–H groups in total. The summed E-state index contributed by atoms with van der Waals surface area (Å²) < 4.78 is 27.1. The number of aldehydes is 1. The number of rotatable bonds is 8. The molecule has 0 spiro atoms. The van der Waals surface area contributed by atoms with Gasteiger partial charge in [0.1, 0.15) is 6.29 Å². The molecule has 2 rings (SSSR count). The third kappa shape index (κ3) is 4.98. The Morgan fingerprint density at radius 2 is 1.72 bits per heavy atom. The molecular formula is C18H19NO5S. The van der Waals surface area contributed by atoms with Crippen molar-refractivity contribution in [2.24, 2.45) is 5.92 Å². The van der Waals surface area contributed by atoms with E-state index in [1.54, 1.807) is 42.5 Å². The quantitative estimate of drug-likeness (QED) is 0.698. The molecule has 0 radical (unpaired) electrons. The van der Waals surface area contributed by atoms with Crippen LogP contribution in [0.2, 0.25) is 0 Å². The van der Waals surface area contributed by atoms with Gasteiger partial charge in [0, 0.05) is 0 Å². The van der Waals surface area contributed by atoms with E-state index in [1.165, 1.54) is 12.1 Å². The first-order valence-electron chi connectivity index (χ1n) is 7.64. The zero-order valence-corrected chi connectivity index (χ0v) is 14.4. The van der Waals surface area contributed by atoms with Gasteiger partial charge in [-0.3, -0.25) is 4.79 Å². The van der Waals surface area contributed by atoms with Crippen LogP contribution in [-0.2, 0) is 26.0 Å². The van der Waals surface area contributed by atoms with Crippen molar-refractivity contribution in [3.8, 4) is 0 Å². The fourth-order valence-corrected chi connectivity index (χ4v) is 3.61. The van der Waals surface area contributed by atoms with Crippen molar-refractivity contribution in [2.75, 3.05) is 0 Å². The molecule has 2 atom stereocenters.